The van der Waals surface area contributed by atoms with Crippen molar-refractivity contribution in [1.82, 2.24) is 20.0 Å². The molecule has 0 heterocycles. The number of hydrogen-bond acceptors (Lipinski definition) is 14. The number of amides is 2. The van der Waals surface area contributed by atoms with Gasteiger partial charge >= 0.3 is 5.97 Å². The van der Waals surface area contributed by atoms with Crippen molar-refractivity contribution in [1.29, 1.82) is 0 Å². The Kier molecular flexibility index (Phi) is 217. The molecule has 0 radical (unpaired) electrons. The summed E-state index contributed by atoms with van der Waals surface area (Å²) < 4.78 is 28.1. The molecule has 0 aliphatic heterocycles. The summed E-state index contributed by atoms with van der Waals surface area (Å²) in [5.41, 5.74) is 13.9. The third kappa shape index (κ3) is 290. The molecule has 6 N–H and O–H groups in total. The number of benzene rings is 2. The van der Waals surface area contributed by atoms with Crippen LogP contribution in [0.15, 0.2) is 91.1 Å². The van der Waals surface area contributed by atoms with Crippen LogP contribution >= 0.6 is 0 Å². The molecule has 2 amide bonds. The van der Waals surface area contributed by atoms with Crippen LogP contribution in [0.5, 0.6) is 0 Å². The highest BCUT2D eigenvalue weighted by Crippen LogP contribution is 2.01. The number of aryl methyl sites for hydroxylation is 2. The number of rotatable bonds is 27. The molecule has 2 aromatic carbocycles. The van der Waals surface area contributed by atoms with Crippen molar-refractivity contribution in [2.75, 3.05) is 144 Å². The van der Waals surface area contributed by atoms with E-state index >= 15 is 0 Å². The van der Waals surface area contributed by atoms with Crippen molar-refractivity contribution >= 4 is 23.6 Å². The number of allylic oxidation sites excluding steroid dienone is 5. The van der Waals surface area contributed by atoms with Crippen LogP contribution < -0.4 is 16.8 Å². The van der Waals surface area contributed by atoms with Gasteiger partial charge in [0.15, 0.2) is 0 Å². The number of hydrogen-bond donors (Lipinski definition) is 4. The number of carboxylic acid groups (broad SMARTS) is 1. The van der Waals surface area contributed by atoms with E-state index in [9.17, 15) is 19.2 Å². The van der Waals surface area contributed by atoms with Gasteiger partial charge in [-0.15, -0.1) is 12.3 Å². The number of aliphatic carboxylic acids is 1. The SMILES string of the molecule is C.C#CCCCC.C/C=C/C.C/C=C/C.C/C=C/COC.CC(C)=O.CCC(=O)N(C)C.CCC(=O)O.CCC(N)=O.CCCCCC.CCCCCCC.CCCOCCC.CCN(CC)CC.CN(C)C.CNC.COCCOC.COCOC.Cc1ccc(CN)cc1.Cc1ccccc1. The predicted octanol–water partition coefficient (Wildman–Crippen LogP) is 21.0. The molecule has 0 bridgehead atoms. The Morgan fingerprint density at radius 2 is 0.835 bits per heavy atom. The number of nitrogens with two attached hydrogens (primary N) is 2. The number of ether oxygens (including phenoxy) is 6. The highest BCUT2D eigenvalue weighted by Gasteiger charge is 1.95. The zero-order chi connectivity index (χ0) is 83.1. The Bertz CT molecular complexity index is 1700. The summed E-state index contributed by atoms with van der Waals surface area (Å²) in [6, 6.07) is 18.5. The van der Waals surface area contributed by atoms with Gasteiger partial charge in [-0.2, -0.15) is 0 Å². The summed E-state index contributed by atoms with van der Waals surface area (Å²) in [6.45, 7) is 52.8. The highest BCUT2D eigenvalue weighted by molar-refractivity contribution is 5.75. The minimum atomic E-state index is -0.745. The number of unbranched alkanes of at least 4 members (excludes halogenated alkanes) is 9. The van der Waals surface area contributed by atoms with Crippen LogP contribution in [0.3, 0.4) is 0 Å². The molecule has 0 unspecified atom stereocenters. The van der Waals surface area contributed by atoms with Gasteiger partial charge in [0, 0.05) is 95.1 Å². The molecule has 0 atom stereocenters. The Labute approximate surface area is 644 Å². The molecule has 103 heavy (non-hydrogen) atoms. The van der Waals surface area contributed by atoms with E-state index in [4.69, 9.17) is 26.7 Å². The van der Waals surface area contributed by atoms with Gasteiger partial charge in [0.2, 0.25) is 11.8 Å². The van der Waals surface area contributed by atoms with Crippen molar-refractivity contribution in [3.8, 4) is 12.3 Å². The first kappa shape index (κ1) is 140. The van der Waals surface area contributed by atoms with Crippen molar-refractivity contribution in [2.24, 2.45) is 11.5 Å². The minimum Gasteiger partial charge on any atom is -0.481 e. The smallest absolute Gasteiger partial charge is 0.303 e. The number of terminal acetylenes is 1. The lowest BCUT2D eigenvalue weighted by atomic mass is 10.2. The summed E-state index contributed by atoms with van der Waals surface area (Å²) in [5.74, 6) is 1.93. The third-order valence-electron chi connectivity index (χ3n) is 10.5. The maximum absolute atomic E-state index is 10.4. The van der Waals surface area contributed by atoms with Crippen LogP contribution in [-0.2, 0) is 54.1 Å². The van der Waals surface area contributed by atoms with E-state index in [0.29, 0.717) is 39.4 Å². The van der Waals surface area contributed by atoms with Crippen molar-refractivity contribution in [3.63, 3.8) is 0 Å². The molecule has 2 aromatic rings. The summed E-state index contributed by atoms with van der Waals surface area (Å²) >= 11 is 0. The van der Waals surface area contributed by atoms with E-state index in [0.717, 1.165) is 39.1 Å². The number of carboxylic acids is 1. The molecule has 0 saturated carbocycles. The lowest BCUT2D eigenvalue weighted by Gasteiger charge is -2.13. The Morgan fingerprint density at radius 1 is 0.515 bits per heavy atom. The van der Waals surface area contributed by atoms with Crippen LogP contribution in [0.25, 0.3) is 0 Å². The summed E-state index contributed by atoms with van der Waals surface area (Å²) in [7, 11) is 21.4. The molecule has 622 valence electrons. The van der Waals surface area contributed by atoms with E-state index in [1.54, 1.807) is 68.4 Å². The number of nitrogens with one attached hydrogen (secondary N) is 1. The second kappa shape index (κ2) is 159. The molecule has 0 spiro atoms. The largest absolute Gasteiger partial charge is 0.481 e. The maximum Gasteiger partial charge on any atom is 0.303 e. The van der Waals surface area contributed by atoms with Gasteiger partial charge in [-0.05, 0) is 142 Å². The van der Waals surface area contributed by atoms with E-state index in [1.807, 2.05) is 136 Å². The number of nitrogens with zero attached hydrogens (tertiary/aromatic N) is 3. The monoisotopic (exact) mass is 1480 g/mol. The van der Waals surface area contributed by atoms with E-state index in [2.05, 4.69) is 160 Å². The van der Waals surface area contributed by atoms with E-state index in [1.165, 1.54) is 121 Å². The quantitative estimate of drug-likeness (QED) is 0.0283. The second-order valence-electron chi connectivity index (χ2n) is 22.1. The summed E-state index contributed by atoms with van der Waals surface area (Å²) in [4.78, 5) is 44.8. The number of carbonyl (C=O) groups excluding carboxylic acids is 3. The van der Waals surface area contributed by atoms with Gasteiger partial charge < -0.3 is 69.8 Å². The molecule has 2 rings (SSSR count). The van der Waals surface area contributed by atoms with Gasteiger partial charge in [-0.1, -0.05) is 264 Å². The Balaban J connectivity index is -0.0000000509. The number of methoxy groups -OCH3 is 5. The average Bonchev–Trinajstić information content (AvgIpc) is 0.970. The average molecular weight is 1480 g/mol. The highest BCUT2D eigenvalue weighted by atomic mass is 16.6. The van der Waals surface area contributed by atoms with Crippen molar-refractivity contribution in [2.45, 2.75) is 275 Å². The number of carbonyl (C=O) groups is 4. The number of ketones is 1. The molecule has 17 nitrogen and oxygen atoms in total. The van der Waals surface area contributed by atoms with Gasteiger partial charge in [-0.25, -0.2) is 0 Å². The summed E-state index contributed by atoms with van der Waals surface area (Å²) in [6.07, 6.45) is 36.3. The zero-order valence-corrected chi connectivity index (χ0v) is 73.9. The standard InChI is InChI=1S/C8H11N.C7H8.C7H16.C6H15N.C6H14O.C6H14.C6H10.C5H11NO.C5H10O.C4H10O2.2C4H8.C3H7NO.C3H9N.C3H8O2.C3H6O2.C3H6O.C2H7N.CH4/c1-7-2-4-8(6-9)5-3-7;1-7-5-3-2-4-6-7;1-3-5-7-6-4-2;1-4-7(5-2)6-3;1-3-5-7-6-4-2;2*1-3-5-6-4-2;1-4-5(7)6(2)3;1-3-4-5-6-2;1-5-3-4-6-2;2*1-3-4-2;1-2-3(4)5;1-4(2)3;1-4-3-5-2;1-2-3(4)5;1-3(2)4;1-3-2;/h2-5H,6,9H2,1H3;2-6H,1H3;3-7H2,1-2H3;4-6H2,1-3H3;3-6H2,1-2H3;3-6H2,1-2H3;1H,4-6H2,2H3;4H2,1-3H3;3-4H,5H2,1-2H3;3-4H2,1-2H3;2*3-4H,1-2H3;2H2,1H3,(H2,4,5);1-3H3;3H2,1-2H3;2H2,1H3,(H,4,5);1-2H3;3H,1-2H3;1H4/b;;;;;;;;4-3+;;2*4-3+;;;;;;;. The van der Waals surface area contributed by atoms with Gasteiger partial charge in [0.25, 0.3) is 0 Å². The van der Waals surface area contributed by atoms with Crippen molar-refractivity contribution < 1.29 is 52.7 Å². The lowest BCUT2D eigenvalue weighted by Crippen LogP contribution is -2.21. The van der Waals surface area contributed by atoms with Gasteiger partial charge in [0.1, 0.15) is 12.6 Å². The van der Waals surface area contributed by atoms with Crippen LogP contribution in [0, 0.1) is 26.2 Å². The van der Waals surface area contributed by atoms with Crippen LogP contribution in [0.2, 0.25) is 0 Å². The molecular formula is C86H182N6O11. The predicted molar refractivity (Wildman–Crippen MR) is 462 cm³/mol. The normalized spacial score (nSPS) is 8.70. The second-order valence-corrected chi connectivity index (χ2v) is 22.1. The van der Waals surface area contributed by atoms with Crippen LogP contribution in [0.1, 0.15) is 272 Å². The van der Waals surface area contributed by atoms with Gasteiger partial charge in [0.05, 0.1) is 19.8 Å². The molecule has 17 heteroatoms. The minimum absolute atomic E-state index is 0. The topological polar surface area (TPSA) is 218 Å². The fraction of sp³-hybridized carbons (Fsp3) is 0.721. The zero-order valence-electron chi connectivity index (χ0n) is 73.9. The van der Waals surface area contributed by atoms with E-state index < -0.39 is 5.97 Å². The fourth-order valence-corrected chi connectivity index (χ4v) is 4.57. The number of Topliss-reactive ketones (excluding diaryl/α,β-unsaturated/α-hetero) is 1. The third-order valence-corrected chi connectivity index (χ3v) is 10.5. The first-order chi connectivity index (χ1) is 48.4. The fourth-order valence-electron chi connectivity index (χ4n) is 4.57. The van der Waals surface area contributed by atoms with Crippen LogP contribution in [0.4, 0.5) is 0 Å². The van der Waals surface area contributed by atoms with Crippen LogP contribution in [-0.4, -0.2) is 188 Å². The molecule has 0 aliphatic rings. The number of primary amides is 1. The first-order valence-corrected chi connectivity index (χ1v) is 37.5. The summed E-state index contributed by atoms with van der Waals surface area (Å²) in [5, 5.41) is 10.5. The van der Waals surface area contributed by atoms with E-state index in [-0.39, 0.29) is 31.4 Å². The molecular weight excluding hydrogens is 1290 g/mol. The molecule has 0 fully saturated rings. The first-order valence-electron chi connectivity index (χ1n) is 37.5. The maximum atomic E-state index is 10.4. The Hall–Kier alpha value is -5.10. The van der Waals surface area contributed by atoms with Crippen molar-refractivity contribution in [3.05, 3.63) is 108 Å². The molecule has 0 saturated heterocycles. The Morgan fingerprint density at radius 3 is 0.971 bits per heavy atom. The molecule has 0 aromatic heterocycles. The lowest BCUT2D eigenvalue weighted by molar-refractivity contribution is -0.136. The molecule has 0 aliphatic carbocycles. The van der Waals surface area contributed by atoms with Gasteiger partial charge in [-0.3, -0.25) is 14.4 Å².